The smallest absolute Gasteiger partial charge is 0.253 e. The van der Waals surface area contributed by atoms with Crippen LogP contribution in [0.15, 0.2) is 48.5 Å². The van der Waals surface area contributed by atoms with E-state index < -0.39 is 0 Å². The van der Waals surface area contributed by atoms with Gasteiger partial charge in [-0.1, -0.05) is 65.8 Å². The van der Waals surface area contributed by atoms with E-state index in [0.29, 0.717) is 0 Å². The Morgan fingerprint density at radius 1 is 0.750 bits per heavy atom. The summed E-state index contributed by atoms with van der Waals surface area (Å²) >= 11 is 0. The van der Waals surface area contributed by atoms with Crippen LogP contribution < -0.4 is 4.90 Å². The lowest BCUT2D eigenvalue weighted by Crippen LogP contribution is -2.48. The van der Waals surface area contributed by atoms with Gasteiger partial charge in [0.1, 0.15) is 0 Å². The molecule has 150 valence electrons. The predicted octanol–water partition coefficient (Wildman–Crippen LogP) is 5.24. The molecule has 0 radical (unpaired) electrons. The van der Waals surface area contributed by atoms with Gasteiger partial charge in [-0.05, 0) is 46.2 Å². The van der Waals surface area contributed by atoms with Gasteiger partial charge >= 0.3 is 0 Å². The number of carbonyl (C=O) groups is 1. The van der Waals surface area contributed by atoms with Crippen molar-refractivity contribution in [2.75, 3.05) is 31.1 Å². The summed E-state index contributed by atoms with van der Waals surface area (Å²) in [5, 5.41) is 0. The van der Waals surface area contributed by atoms with Gasteiger partial charge in [0, 0.05) is 37.4 Å². The van der Waals surface area contributed by atoms with Crippen molar-refractivity contribution in [3.63, 3.8) is 0 Å². The minimum absolute atomic E-state index is 0.112. The van der Waals surface area contributed by atoms with Crippen molar-refractivity contribution in [1.29, 1.82) is 0 Å². The Bertz CT molecular complexity index is 788. The van der Waals surface area contributed by atoms with E-state index in [1.54, 1.807) is 0 Å². The van der Waals surface area contributed by atoms with Crippen molar-refractivity contribution in [1.82, 2.24) is 4.90 Å². The molecule has 0 atom stereocenters. The van der Waals surface area contributed by atoms with Crippen molar-refractivity contribution >= 4 is 11.6 Å². The molecule has 1 aliphatic heterocycles. The molecule has 28 heavy (non-hydrogen) atoms. The van der Waals surface area contributed by atoms with Crippen LogP contribution in [-0.4, -0.2) is 37.0 Å². The number of amides is 1. The number of hydrogen-bond acceptors (Lipinski definition) is 2. The van der Waals surface area contributed by atoms with Gasteiger partial charge in [-0.2, -0.15) is 0 Å². The summed E-state index contributed by atoms with van der Waals surface area (Å²) in [6, 6.07) is 16.6. The third-order valence-corrected chi connectivity index (χ3v) is 5.60. The van der Waals surface area contributed by atoms with E-state index in [-0.39, 0.29) is 16.7 Å². The molecule has 0 aromatic heterocycles. The molecule has 3 heteroatoms. The van der Waals surface area contributed by atoms with Gasteiger partial charge in [0.2, 0.25) is 0 Å². The fourth-order valence-electron chi connectivity index (χ4n) is 3.59. The summed E-state index contributed by atoms with van der Waals surface area (Å²) in [7, 11) is 0. The molecule has 1 aliphatic rings. The molecule has 1 fully saturated rings. The van der Waals surface area contributed by atoms with Gasteiger partial charge in [0.25, 0.3) is 5.91 Å². The molecule has 1 heterocycles. The Hall–Kier alpha value is -2.29. The first kappa shape index (κ1) is 20.4. The lowest BCUT2D eigenvalue weighted by atomic mass is 9.80. The molecule has 0 unspecified atom stereocenters. The molecule has 2 aromatic rings. The van der Waals surface area contributed by atoms with Crippen LogP contribution in [0.4, 0.5) is 5.69 Å². The highest BCUT2D eigenvalue weighted by Gasteiger charge is 2.25. The third-order valence-electron chi connectivity index (χ3n) is 5.60. The summed E-state index contributed by atoms with van der Waals surface area (Å²) in [4.78, 5) is 17.1. The van der Waals surface area contributed by atoms with E-state index in [1.165, 1.54) is 16.8 Å². The number of hydrogen-bond donors (Lipinski definition) is 0. The molecule has 0 bridgehead atoms. The Morgan fingerprint density at radius 2 is 1.25 bits per heavy atom. The van der Waals surface area contributed by atoms with E-state index >= 15 is 0 Å². The Kier molecular flexibility index (Phi) is 5.56. The Morgan fingerprint density at radius 3 is 1.71 bits per heavy atom. The number of anilines is 1. The Labute approximate surface area is 170 Å². The SMILES string of the molecule is CC(C)(C)c1cc(N2CCN(C(=O)c3ccccc3)CC2)cc(C(C)(C)C)c1. The van der Waals surface area contributed by atoms with Crippen LogP contribution in [0.25, 0.3) is 0 Å². The normalized spacial score (nSPS) is 15.6. The predicted molar refractivity (Wildman–Crippen MR) is 118 cm³/mol. The van der Waals surface area contributed by atoms with Crippen LogP contribution >= 0.6 is 0 Å². The van der Waals surface area contributed by atoms with Crippen molar-refractivity contribution in [3.05, 3.63) is 65.2 Å². The second-order valence-electron chi connectivity index (χ2n) is 9.91. The zero-order valence-electron chi connectivity index (χ0n) is 18.2. The number of benzene rings is 2. The molecule has 0 saturated carbocycles. The molecule has 0 spiro atoms. The largest absolute Gasteiger partial charge is 0.368 e. The highest BCUT2D eigenvalue weighted by atomic mass is 16.2. The van der Waals surface area contributed by atoms with Crippen LogP contribution in [0.2, 0.25) is 0 Å². The minimum atomic E-state index is 0.112. The summed E-state index contributed by atoms with van der Waals surface area (Å²) in [5.41, 5.74) is 5.03. The third kappa shape index (κ3) is 4.57. The van der Waals surface area contributed by atoms with E-state index in [0.717, 1.165) is 31.7 Å². The second kappa shape index (κ2) is 7.62. The number of piperazine rings is 1. The molecule has 3 nitrogen and oxygen atoms in total. The van der Waals surface area contributed by atoms with Crippen molar-refractivity contribution in [2.24, 2.45) is 0 Å². The highest BCUT2D eigenvalue weighted by Crippen LogP contribution is 2.33. The van der Waals surface area contributed by atoms with E-state index in [9.17, 15) is 4.79 Å². The molecule has 0 aliphatic carbocycles. The van der Waals surface area contributed by atoms with Crippen molar-refractivity contribution in [2.45, 2.75) is 52.4 Å². The first-order valence-electron chi connectivity index (χ1n) is 10.3. The second-order valence-corrected chi connectivity index (χ2v) is 9.91. The zero-order chi connectivity index (χ0) is 20.5. The topological polar surface area (TPSA) is 23.6 Å². The van der Waals surface area contributed by atoms with Crippen LogP contribution in [0.5, 0.6) is 0 Å². The maximum Gasteiger partial charge on any atom is 0.253 e. The van der Waals surface area contributed by atoms with Gasteiger partial charge in [0.05, 0.1) is 0 Å². The van der Waals surface area contributed by atoms with E-state index in [4.69, 9.17) is 0 Å². The fraction of sp³-hybridized carbons (Fsp3) is 0.480. The molecule has 2 aromatic carbocycles. The molecule has 1 amide bonds. The first-order valence-corrected chi connectivity index (χ1v) is 10.3. The highest BCUT2D eigenvalue weighted by molar-refractivity contribution is 5.94. The molecule has 3 rings (SSSR count). The molecule has 0 N–H and O–H groups in total. The number of nitrogens with zero attached hydrogens (tertiary/aromatic N) is 2. The summed E-state index contributed by atoms with van der Waals surface area (Å²) in [6.45, 7) is 16.9. The van der Waals surface area contributed by atoms with Crippen LogP contribution in [0.1, 0.15) is 63.0 Å². The quantitative estimate of drug-likeness (QED) is 0.713. The van der Waals surface area contributed by atoms with Gasteiger partial charge in [-0.3, -0.25) is 4.79 Å². The standard InChI is InChI=1S/C25H34N2O/c1-24(2,3)20-16-21(25(4,5)6)18-22(17-20)26-12-14-27(15-13-26)23(28)19-10-8-7-9-11-19/h7-11,16-18H,12-15H2,1-6H3. The van der Waals surface area contributed by atoms with Gasteiger partial charge < -0.3 is 9.80 Å². The number of carbonyl (C=O) groups excluding carboxylic acids is 1. The molecule has 1 saturated heterocycles. The summed E-state index contributed by atoms with van der Waals surface area (Å²) < 4.78 is 0. The zero-order valence-corrected chi connectivity index (χ0v) is 18.2. The maximum atomic E-state index is 12.7. The summed E-state index contributed by atoms with van der Waals surface area (Å²) in [5.74, 6) is 0.138. The monoisotopic (exact) mass is 378 g/mol. The minimum Gasteiger partial charge on any atom is -0.368 e. The van der Waals surface area contributed by atoms with Crippen LogP contribution in [-0.2, 0) is 10.8 Å². The van der Waals surface area contributed by atoms with Crippen LogP contribution in [0.3, 0.4) is 0 Å². The maximum absolute atomic E-state index is 12.7. The van der Waals surface area contributed by atoms with Gasteiger partial charge in [0.15, 0.2) is 0 Å². The average molecular weight is 379 g/mol. The van der Waals surface area contributed by atoms with Crippen LogP contribution in [0, 0.1) is 0 Å². The lowest BCUT2D eigenvalue weighted by Gasteiger charge is -2.37. The van der Waals surface area contributed by atoms with Crippen molar-refractivity contribution in [3.8, 4) is 0 Å². The first-order chi connectivity index (χ1) is 13.1. The average Bonchev–Trinajstić information content (AvgIpc) is 2.66. The fourth-order valence-corrected chi connectivity index (χ4v) is 3.59. The van der Waals surface area contributed by atoms with E-state index in [2.05, 4.69) is 64.6 Å². The summed E-state index contributed by atoms with van der Waals surface area (Å²) in [6.07, 6.45) is 0. The van der Waals surface area contributed by atoms with Gasteiger partial charge in [-0.15, -0.1) is 0 Å². The lowest BCUT2D eigenvalue weighted by molar-refractivity contribution is 0.0747. The van der Waals surface area contributed by atoms with Gasteiger partial charge in [-0.25, -0.2) is 0 Å². The Balaban J connectivity index is 1.79. The van der Waals surface area contributed by atoms with E-state index in [1.807, 2.05) is 35.2 Å². The number of rotatable bonds is 2. The molecular weight excluding hydrogens is 344 g/mol. The van der Waals surface area contributed by atoms with Crippen molar-refractivity contribution < 1.29 is 4.79 Å². The molecular formula is C25H34N2O.